The molecule has 32 heavy (non-hydrogen) atoms. The lowest BCUT2D eigenvalue weighted by atomic mass is 10.1. The van der Waals surface area contributed by atoms with Crippen molar-refractivity contribution >= 4 is 29.4 Å². The number of aromatic nitrogens is 2. The van der Waals surface area contributed by atoms with E-state index in [0.717, 1.165) is 30.2 Å². The maximum Gasteiger partial charge on any atom is 0.324 e. The van der Waals surface area contributed by atoms with Gasteiger partial charge in [-0.05, 0) is 37.1 Å². The van der Waals surface area contributed by atoms with Crippen LogP contribution in [0.25, 0.3) is 11.3 Å². The fraction of sp³-hybridized carbons (Fsp3) is 0.435. The lowest BCUT2D eigenvalue weighted by Crippen LogP contribution is -2.50. The molecule has 0 saturated carbocycles. The van der Waals surface area contributed by atoms with Crippen LogP contribution >= 0.6 is 0 Å². The number of hydrogen-bond donors (Lipinski definition) is 2. The standard InChI is InChI=1S/C23H28N6O3/c30-21(11-15-29-16-12-22(31)25-23(29)32)24-18-7-5-17(6-8-18)19-9-10-20(27-26-19)28-13-3-1-2-4-14-28/h5-10H,1-4,11-16H2,(H,24,30)(H,25,31,32). The predicted molar refractivity (Wildman–Crippen MR) is 121 cm³/mol. The highest BCUT2D eigenvalue weighted by Gasteiger charge is 2.23. The molecule has 0 radical (unpaired) electrons. The summed E-state index contributed by atoms with van der Waals surface area (Å²) in [6, 6.07) is 11.0. The van der Waals surface area contributed by atoms with Crippen molar-refractivity contribution in [2.45, 2.75) is 38.5 Å². The molecule has 0 unspecified atom stereocenters. The lowest BCUT2D eigenvalue weighted by Gasteiger charge is -2.26. The highest BCUT2D eigenvalue weighted by atomic mass is 16.2. The Kier molecular flexibility index (Phi) is 6.94. The first-order chi connectivity index (χ1) is 15.6. The summed E-state index contributed by atoms with van der Waals surface area (Å²) < 4.78 is 0. The van der Waals surface area contributed by atoms with Crippen molar-refractivity contribution in [1.82, 2.24) is 20.4 Å². The Balaban J connectivity index is 1.29. The summed E-state index contributed by atoms with van der Waals surface area (Å²) in [5.74, 6) is 0.451. The molecule has 2 aliphatic heterocycles. The van der Waals surface area contributed by atoms with Gasteiger partial charge in [-0.3, -0.25) is 14.9 Å². The van der Waals surface area contributed by atoms with Gasteiger partial charge in [0.2, 0.25) is 11.8 Å². The molecule has 0 aliphatic carbocycles. The van der Waals surface area contributed by atoms with Gasteiger partial charge in [0.15, 0.2) is 5.82 Å². The lowest BCUT2D eigenvalue weighted by molar-refractivity contribution is -0.121. The van der Waals surface area contributed by atoms with Gasteiger partial charge in [-0.2, -0.15) is 0 Å². The number of imide groups is 1. The quantitative estimate of drug-likeness (QED) is 0.721. The second kappa shape index (κ2) is 10.2. The Bertz CT molecular complexity index is 953. The zero-order valence-electron chi connectivity index (χ0n) is 18.0. The molecular formula is C23H28N6O3. The maximum atomic E-state index is 12.2. The van der Waals surface area contributed by atoms with Crippen LogP contribution in [0.2, 0.25) is 0 Å². The molecule has 9 nitrogen and oxygen atoms in total. The van der Waals surface area contributed by atoms with Gasteiger partial charge in [-0.15, -0.1) is 10.2 Å². The Labute approximate surface area is 187 Å². The molecule has 4 amide bonds. The molecule has 0 atom stereocenters. The first kappa shape index (κ1) is 21.7. The van der Waals surface area contributed by atoms with Gasteiger partial charge in [0, 0.05) is 50.3 Å². The van der Waals surface area contributed by atoms with E-state index in [9.17, 15) is 14.4 Å². The van der Waals surface area contributed by atoms with Crippen molar-refractivity contribution in [2.24, 2.45) is 0 Å². The second-order valence-electron chi connectivity index (χ2n) is 8.14. The fourth-order valence-corrected chi connectivity index (χ4v) is 3.94. The predicted octanol–water partition coefficient (Wildman–Crippen LogP) is 2.79. The molecule has 2 aliphatic rings. The van der Waals surface area contributed by atoms with E-state index >= 15 is 0 Å². The number of carbonyl (C=O) groups excluding carboxylic acids is 3. The number of benzene rings is 1. The normalized spacial score (nSPS) is 17.0. The first-order valence-corrected chi connectivity index (χ1v) is 11.2. The van der Waals surface area contributed by atoms with Crippen molar-refractivity contribution in [3.63, 3.8) is 0 Å². The second-order valence-corrected chi connectivity index (χ2v) is 8.14. The van der Waals surface area contributed by atoms with Crippen LogP contribution in [0.3, 0.4) is 0 Å². The number of amides is 4. The van der Waals surface area contributed by atoms with E-state index in [1.54, 1.807) is 0 Å². The molecule has 4 rings (SSSR count). The van der Waals surface area contributed by atoms with E-state index in [1.165, 1.54) is 30.6 Å². The van der Waals surface area contributed by atoms with E-state index < -0.39 is 6.03 Å². The van der Waals surface area contributed by atoms with Gasteiger partial charge < -0.3 is 15.1 Å². The number of carbonyl (C=O) groups is 3. The monoisotopic (exact) mass is 436 g/mol. The van der Waals surface area contributed by atoms with Crippen molar-refractivity contribution in [1.29, 1.82) is 0 Å². The molecule has 1 aromatic carbocycles. The van der Waals surface area contributed by atoms with E-state index in [-0.39, 0.29) is 31.2 Å². The number of rotatable bonds is 6. The Morgan fingerprint density at radius 2 is 1.69 bits per heavy atom. The highest BCUT2D eigenvalue weighted by molar-refractivity contribution is 5.97. The first-order valence-electron chi connectivity index (χ1n) is 11.2. The third-order valence-corrected chi connectivity index (χ3v) is 5.80. The smallest absolute Gasteiger partial charge is 0.324 e. The number of hydrogen-bond acceptors (Lipinski definition) is 6. The average Bonchev–Trinajstić information content (AvgIpc) is 3.09. The summed E-state index contributed by atoms with van der Waals surface area (Å²) >= 11 is 0. The molecule has 0 spiro atoms. The van der Waals surface area contributed by atoms with Crippen molar-refractivity contribution in [3.05, 3.63) is 36.4 Å². The summed E-state index contributed by atoms with van der Waals surface area (Å²) in [6.45, 7) is 2.66. The van der Waals surface area contributed by atoms with Gasteiger partial charge in [0.25, 0.3) is 0 Å². The maximum absolute atomic E-state index is 12.2. The van der Waals surface area contributed by atoms with Crippen LogP contribution in [0.4, 0.5) is 16.3 Å². The zero-order valence-corrected chi connectivity index (χ0v) is 18.0. The van der Waals surface area contributed by atoms with Crippen LogP contribution in [0, 0.1) is 0 Å². The van der Waals surface area contributed by atoms with Crippen LogP contribution in [-0.4, -0.2) is 59.1 Å². The molecular weight excluding hydrogens is 408 g/mol. The summed E-state index contributed by atoms with van der Waals surface area (Å²) in [5, 5.41) is 13.9. The van der Waals surface area contributed by atoms with Crippen molar-refractivity contribution < 1.29 is 14.4 Å². The molecule has 0 bridgehead atoms. The van der Waals surface area contributed by atoms with Crippen molar-refractivity contribution in [3.8, 4) is 11.3 Å². The third-order valence-electron chi connectivity index (χ3n) is 5.80. The van der Waals surface area contributed by atoms with Crippen LogP contribution < -0.4 is 15.5 Å². The molecule has 2 aromatic rings. The van der Waals surface area contributed by atoms with Crippen molar-refractivity contribution in [2.75, 3.05) is 36.4 Å². The average molecular weight is 437 g/mol. The van der Waals surface area contributed by atoms with E-state index in [4.69, 9.17) is 0 Å². The molecule has 3 heterocycles. The minimum Gasteiger partial charge on any atom is -0.355 e. The molecule has 2 fully saturated rings. The van der Waals surface area contributed by atoms with E-state index in [1.807, 2.05) is 36.4 Å². The van der Waals surface area contributed by atoms with Crippen LogP contribution in [-0.2, 0) is 9.59 Å². The Morgan fingerprint density at radius 1 is 0.938 bits per heavy atom. The molecule has 168 valence electrons. The van der Waals surface area contributed by atoms with Gasteiger partial charge in [0.1, 0.15) is 0 Å². The van der Waals surface area contributed by atoms with E-state index in [0.29, 0.717) is 12.2 Å². The Morgan fingerprint density at radius 3 is 2.34 bits per heavy atom. The highest BCUT2D eigenvalue weighted by Crippen LogP contribution is 2.22. The van der Waals surface area contributed by atoms with Crippen LogP contribution in [0.15, 0.2) is 36.4 Å². The Hall–Kier alpha value is -3.49. The summed E-state index contributed by atoms with van der Waals surface area (Å²) in [4.78, 5) is 38.9. The van der Waals surface area contributed by atoms with Gasteiger partial charge >= 0.3 is 6.03 Å². The SMILES string of the molecule is O=C1CCN(CCC(=O)Nc2ccc(-c3ccc(N4CCCCCC4)nn3)cc2)C(=O)N1. The van der Waals surface area contributed by atoms with Crippen LogP contribution in [0.5, 0.6) is 0 Å². The molecule has 2 saturated heterocycles. The fourth-order valence-electron chi connectivity index (χ4n) is 3.94. The summed E-state index contributed by atoms with van der Waals surface area (Å²) in [7, 11) is 0. The minimum absolute atomic E-state index is 0.160. The number of urea groups is 1. The van der Waals surface area contributed by atoms with E-state index in [2.05, 4.69) is 25.7 Å². The molecule has 1 aromatic heterocycles. The largest absolute Gasteiger partial charge is 0.355 e. The summed E-state index contributed by atoms with van der Waals surface area (Å²) in [5.41, 5.74) is 2.38. The molecule has 9 heteroatoms. The van der Waals surface area contributed by atoms with Gasteiger partial charge in [-0.25, -0.2) is 4.79 Å². The number of anilines is 2. The molecule has 2 N–H and O–H groups in total. The third kappa shape index (κ3) is 5.60. The van der Waals surface area contributed by atoms with Gasteiger partial charge in [0.05, 0.1) is 5.69 Å². The summed E-state index contributed by atoms with van der Waals surface area (Å²) in [6.07, 6.45) is 5.37. The zero-order chi connectivity index (χ0) is 22.3. The minimum atomic E-state index is -0.443. The van der Waals surface area contributed by atoms with Crippen LogP contribution in [0.1, 0.15) is 38.5 Å². The topological polar surface area (TPSA) is 108 Å². The number of nitrogens with one attached hydrogen (secondary N) is 2. The van der Waals surface area contributed by atoms with Gasteiger partial charge in [-0.1, -0.05) is 25.0 Å². The number of nitrogens with zero attached hydrogens (tertiary/aromatic N) is 4.